The van der Waals surface area contributed by atoms with E-state index in [0.717, 1.165) is 45.6 Å². The van der Waals surface area contributed by atoms with Gasteiger partial charge in [-0.1, -0.05) is 105 Å². The van der Waals surface area contributed by atoms with Gasteiger partial charge in [0.1, 0.15) is 0 Å². The van der Waals surface area contributed by atoms with Gasteiger partial charge in [0.25, 0.3) is 0 Å². The molecular weight excluding hydrogens is 423 g/mol. The van der Waals surface area contributed by atoms with E-state index in [9.17, 15) is 0 Å². The van der Waals surface area contributed by atoms with Crippen LogP contribution in [0.15, 0.2) is 120 Å². The van der Waals surface area contributed by atoms with Crippen molar-refractivity contribution in [2.45, 2.75) is 33.2 Å². The third-order valence-electron chi connectivity index (χ3n) is 5.82. The third kappa shape index (κ3) is 5.01. The van der Waals surface area contributed by atoms with Gasteiger partial charge in [0.05, 0.1) is 17.6 Å². The lowest BCUT2D eigenvalue weighted by atomic mass is 10.2. The van der Waals surface area contributed by atoms with E-state index in [2.05, 4.69) is 31.7 Å². The first-order valence-corrected chi connectivity index (χ1v) is 13.1. The summed E-state index contributed by atoms with van der Waals surface area (Å²) in [7, 11) is -3.12. The highest BCUT2D eigenvalue weighted by Crippen LogP contribution is 2.52. The highest BCUT2D eigenvalue weighted by Gasteiger charge is 2.32. The summed E-state index contributed by atoms with van der Waals surface area (Å²) in [5.41, 5.74) is 6.72. The maximum absolute atomic E-state index is 15.0. The Hall–Kier alpha value is -3.38. The molecule has 0 amide bonds. The molecule has 3 nitrogen and oxygen atoms in total. The molecule has 4 heteroatoms. The molecule has 0 bridgehead atoms. The zero-order valence-corrected chi connectivity index (χ0v) is 20.1. The molecule has 3 aromatic carbocycles. The smallest absolute Gasteiger partial charge is 0.176 e. The first-order valence-electron chi connectivity index (χ1n) is 11.4. The van der Waals surface area contributed by atoms with Crippen molar-refractivity contribution < 1.29 is 4.57 Å². The summed E-state index contributed by atoms with van der Waals surface area (Å²) >= 11 is 0. The predicted molar refractivity (Wildman–Crippen MR) is 139 cm³/mol. The summed E-state index contributed by atoms with van der Waals surface area (Å²) in [5.74, 6) is 0. The van der Waals surface area contributed by atoms with Gasteiger partial charge >= 0.3 is 0 Å². The van der Waals surface area contributed by atoms with Crippen molar-refractivity contribution in [3.8, 4) is 11.3 Å². The molecule has 0 atom stereocenters. The molecule has 1 aromatic heterocycles. The Balaban J connectivity index is 1.87. The van der Waals surface area contributed by atoms with Crippen LogP contribution in [0, 0.1) is 0 Å². The number of nitrogens with zero attached hydrogens (tertiary/aromatic N) is 2. The fourth-order valence-electron chi connectivity index (χ4n) is 3.95. The van der Waals surface area contributed by atoms with Crippen molar-refractivity contribution in [2.75, 3.05) is 0 Å². The first kappa shape index (κ1) is 22.8. The predicted octanol–water partition coefficient (Wildman–Crippen LogP) is 6.79. The quantitative estimate of drug-likeness (QED) is 0.218. The Morgan fingerprint density at radius 3 is 1.82 bits per heavy atom. The molecule has 0 unspecified atom stereocenters. The Labute approximate surface area is 196 Å². The summed E-state index contributed by atoms with van der Waals surface area (Å²) in [6.07, 6.45) is 3.71. The molecule has 0 radical (unpaired) electrons. The molecule has 0 fully saturated rings. The Morgan fingerprint density at radius 1 is 0.788 bits per heavy atom. The van der Waals surface area contributed by atoms with Gasteiger partial charge < -0.3 is 4.57 Å². The van der Waals surface area contributed by atoms with E-state index in [1.54, 1.807) is 0 Å². The van der Waals surface area contributed by atoms with Crippen LogP contribution in [0.1, 0.15) is 26.7 Å². The average molecular weight is 453 g/mol. The molecule has 33 heavy (non-hydrogen) atoms. The van der Waals surface area contributed by atoms with Crippen molar-refractivity contribution in [1.82, 2.24) is 9.78 Å². The lowest BCUT2D eigenvalue weighted by molar-refractivity contribution is 0.586. The van der Waals surface area contributed by atoms with Gasteiger partial charge in [0, 0.05) is 22.4 Å². The van der Waals surface area contributed by atoms with Gasteiger partial charge in [0.2, 0.25) is 0 Å². The number of hydrogen-bond acceptors (Lipinski definition) is 2. The highest BCUT2D eigenvalue weighted by molar-refractivity contribution is 7.82. The van der Waals surface area contributed by atoms with E-state index < -0.39 is 7.14 Å². The van der Waals surface area contributed by atoms with Crippen LogP contribution in [0.3, 0.4) is 0 Å². The summed E-state index contributed by atoms with van der Waals surface area (Å²) in [6, 6.07) is 31.7. The third-order valence-corrected chi connectivity index (χ3v) is 8.88. The SMILES string of the molecule is CCC(=C=C(Cn1ccc(-c2ccccc2)n1)P(=O)(c1ccccc1)c1ccccc1)CC. The van der Waals surface area contributed by atoms with Gasteiger partial charge in [-0.05, 0) is 24.5 Å². The molecular formula is C29H29N2OP. The van der Waals surface area contributed by atoms with Crippen molar-refractivity contribution in [2.24, 2.45) is 0 Å². The molecule has 0 aliphatic carbocycles. The molecule has 0 saturated carbocycles. The minimum Gasteiger partial charge on any atom is -0.308 e. The number of hydrogen-bond donors (Lipinski definition) is 0. The van der Waals surface area contributed by atoms with Crippen LogP contribution in [-0.4, -0.2) is 9.78 Å². The van der Waals surface area contributed by atoms with E-state index in [4.69, 9.17) is 5.10 Å². The molecule has 0 spiro atoms. The second-order valence-electron chi connectivity index (χ2n) is 7.93. The van der Waals surface area contributed by atoms with Crippen LogP contribution in [-0.2, 0) is 11.1 Å². The summed E-state index contributed by atoms with van der Waals surface area (Å²) in [6.45, 7) is 4.67. The van der Waals surface area contributed by atoms with E-state index >= 15 is 4.57 Å². The van der Waals surface area contributed by atoms with Crippen LogP contribution >= 0.6 is 7.14 Å². The lowest BCUT2D eigenvalue weighted by Crippen LogP contribution is -2.19. The minimum absolute atomic E-state index is 0.414. The fourth-order valence-corrected chi connectivity index (χ4v) is 6.72. The normalized spacial score (nSPS) is 11.1. The second-order valence-corrected chi connectivity index (χ2v) is 10.7. The highest BCUT2D eigenvalue weighted by atomic mass is 31.2. The molecule has 4 rings (SSSR count). The maximum atomic E-state index is 15.0. The van der Waals surface area contributed by atoms with Crippen molar-refractivity contribution >= 4 is 17.8 Å². The van der Waals surface area contributed by atoms with Crippen LogP contribution in [0.4, 0.5) is 0 Å². The largest absolute Gasteiger partial charge is 0.308 e. The molecule has 4 aromatic rings. The van der Waals surface area contributed by atoms with Gasteiger partial charge in [-0.3, -0.25) is 4.68 Å². The monoisotopic (exact) mass is 452 g/mol. The van der Waals surface area contributed by atoms with Gasteiger partial charge in [0.15, 0.2) is 7.14 Å². The zero-order valence-electron chi connectivity index (χ0n) is 19.2. The number of aromatic nitrogens is 2. The Morgan fingerprint density at radius 2 is 1.30 bits per heavy atom. The zero-order chi connectivity index (χ0) is 23.1. The molecule has 0 aliphatic heterocycles. The van der Waals surface area contributed by atoms with Crippen LogP contribution in [0.25, 0.3) is 11.3 Å². The van der Waals surface area contributed by atoms with E-state index in [1.165, 1.54) is 0 Å². The molecule has 0 N–H and O–H groups in total. The topological polar surface area (TPSA) is 34.9 Å². The number of allylic oxidation sites excluding steroid dienone is 1. The maximum Gasteiger partial charge on any atom is 0.176 e. The Bertz CT molecular complexity index is 1250. The second kappa shape index (κ2) is 10.5. The van der Waals surface area contributed by atoms with Gasteiger partial charge in [-0.2, -0.15) is 5.10 Å². The summed E-state index contributed by atoms with van der Waals surface area (Å²) < 4.78 is 16.9. The van der Waals surface area contributed by atoms with E-state index in [-0.39, 0.29) is 0 Å². The van der Waals surface area contributed by atoms with E-state index in [1.807, 2.05) is 95.8 Å². The van der Waals surface area contributed by atoms with Crippen molar-refractivity contribution in [3.63, 3.8) is 0 Å². The average Bonchev–Trinajstić information content (AvgIpc) is 3.36. The summed E-state index contributed by atoms with van der Waals surface area (Å²) in [5, 5.41) is 7.22. The van der Waals surface area contributed by atoms with E-state index in [0.29, 0.717) is 6.54 Å². The van der Waals surface area contributed by atoms with Crippen molar-refractivity contribution in [3.05, 3.63) is 120 Å². The van der Waals surface area contributed by atoms with Crippen LogP contribution in [0.5, 0.6) is 0 Å². The molecule has 0 saturated heterocycles. The molecule has 1 heterocycles. The van der Waals surface area contributed by atoms with Gasteiger partial charge in [-0.25, -0.2) is 0 Å². The molecule has 0 aliphatic rings. The van der Waals surface area contributed by atoms with Crippen molar-refractivity contribution in [1.29, 1.82) is 0 Å². The van der Waals surface area contributed by atoms with Crippen LogP contribution in [0.2, 0.25) is 0 Å². The number of benzene rings is 3. The Kier molecular flexibility index (Phi) is 7.25. The minimum atomic E-state index is -3.12. The summed E-state index contributed by atoms with van der Waals surface area (Å²) in [4.78, 5) is 0. The lowest BCUT2D eigenvalue weighted by Gasteiger charge is -2.22. The molecule has 166 valence electrons. The number of rotatable bonds is 8. The van der Waals surface area contributed by atoms with Crippen LogP contribution < -0.4 is 10.6 Å². The van der Waals surface area contributed by atoms with Gasteiger partial charge in [-0.15, -0.1) is 5.73 Å². The fraction of sp³-hybridized carbons (Fsp3) is 0.172. The standard InChI is InChI=1S/C29H29N2OP/c1-3-24(4-2)22-28(23-31-21-20-29(30-31)25-14-8-5-9-15-25)33(32,26-16-10-6-11-17-26)27-18-12-7-13-19-27/h5-21H,3-4,23H2,1-2H3. The first-order chi connectivity index (χ1) is 16.1.